The lowest BCUT2D eigenvalue weighted by atomic mass is 10.1. The Balaban J connectivity index is 1.96. The number of azide groups is 1. The first-order valence-electron chi connectivity index (χ1n) is 9.74. The number of carbonyl (C=O) groups is 2. The predicted molar refractivity (Wildman–Crippen MR) is 117 cm³/mol. The lowest BCUT2D eigenvalue weighted by molar-refractivity contribution is -0.122. The summed E-state index contributed by atoms with van der Waals surface area (Å²) in [5, 5.41) is 3.71. The molecule has 2 aromatic rings. The zero-order valence-corrected chi connectivity index (χ0v) is 17.9. The molecule has 0 bridgehead atoms. The number of Topliss-reactive ketones (excluding diaryl/α,β-unsaturated/α-hetero) is 1. The Hall–Kier alpha value is -3.55. The van der Waals surface area contributed by atoms with E-state index < -0.39 is 6.16 Å². The smallest absolute Gasteiger partial charge is 0.429 e. The van der Waals surface area contributed by atoms with Crippen LogP contribution in [-0.4, -0.2) is 39.2 Å². The topological polar surface area (TPSA) is 114 Å². The third-order valence-corrected chi connectivity index (χ3v) is 4.48. The second-order valence-electron chi connectivity index (χ2n) is 6.95. The van der Waals surface area contributed by atoms with Crippen molar-refractivity contribution in [3.8, 4) is 5.75 Å². The molecule has 0 spiro atoms. The van der Waals surface area contributed by atoms with Crippen LogP contribution >= 0.6 is 0 Å². The summed E-state index contributed by atoms with van der Waals surface area (Å²) in [6, 6.07) is 12.3. The van der Waals surface area contributed by atoms with Crippen LogP contribution in [0.3, 0.4) is 0 Å². The van der Waals surface area contributed by atoms with Gasteiger partial charge in [0, 0.05) is 43.4 Å². The minimum Gasteiger partial charge on any atom is -0.429 e. The molecule has 0 saturated heterocycles. The number of hydrogen-bond donors (Lipinski definition) is 0. The van der Waals surface area contributed by atoms with Crippen LogP contribution in [0, 0.1) is 6.92 Å². The Kier molecular flexibility index (Phi) is 9.35. The molecule has 0 unspecified atom stereocenters. The molecule has 2 rings (SSSR count). The third-order valence-electron chi connectivity index (χ3n) is 4.48. The van der Waals surface area contributed by atoms with Crippen LogP contribution in [0.4, 0.5) is 16.2 Å². The number of nitrogens with zero attached hydrogens (tertiary/aromatic N) is 4. The summed E-state index contributed by atoms with van der Waals surface area (Å²) in [5.74, 6) is 0.433. The molecule has 0 atom stereocenters. The number of aryl methyl sites for hydroxylation is 1. The molecule has 9 heteroatoms. The van der Waals surface area contributed by atoms with Gasteiger partial charge in [0.25, 0.3) is 0 Å². The van der Waals surface area contributed by atoms with Crippen LogP contribution in [0.25, 0.3) is 10.4 Å². The molecule has 0 fully saturated rings. The van der Waals surface area contributed by atoms with Crippen LogP contribution < -0.4 is 9.64 Å². The number of carbonyl (C=O) groups excluding carboxylic acids is 2. The van der Waals surface area contributed by atoms with Gasteiger partial charge < -0.3 is 19.1 Å². The summed E-state index contributed by atoms with van der Waals surface area (Å²) in [6.07, 6.45) is 0.249. The summed E-state index contributed by atoms with van der Waals surface area (Å²) in [7, 11) is 3.37. The molecule has 9 nitrogen and oxygen atoms in total. The molecule has 0 amide bonds. The molecule has 0 saturated carbocycles. The lowest BCUT2D eigenvalue weighted by Gasteiger charge is -2.20. The van der Waals surface area contributed by atoms with Gasteiger partial charge in [-0.05, 0) is 48.7 Å². The fourth-order valence-electron chi connectivity index (χ4n) is 2.80. The first kappa shape index (κ1) is 23.7. The molecule has 0 aromatic heterocycles. The number of rotatable bonds is 11. The Bertz CT molecular complexity index is 939. The zero-order valence-electron chi connectivity index (χ0n) is 17.9. The summed E-state index contributed by atoms with van der Waals surface area (Å²) >= 11 is 0. The van der Waals surface area contributed by atoms with Crippen LogP contribution in [-0.2, 0) is 20.9 Å². The maximum Gasteiger partial charge on any atom is 0.514 e. The standard InChI is InChI=1S/C22H26N4O5/c1-16-6-10-20(11-7-16)31-22(28)30-14-17-8-9-18(13-21(17)24-25-23)26(2)12-4-5-19(27)15-29-3/h6-11,13H,4-5,12,14-15H2,1-3H3. The van der Waals surface area contributed by atoms with Crippen molar-refractivity contribution in [2.24, 2.45) is 5.11 Å². The van der Waals surface area contributed by atoms with E-state index in [-0.39, 0.29) is 19.0 Å². The minimum atomic E-state index is -0.849. The number of benzene rings is 2. The molecule has 0 radical (unpaired) electrons. The number of hydrogen-bond acceptors (Lipinski definition) is 7. The summed E-state index contributed by atoms with van der Waals surface area (Å²) < 4.78 is 15.1. The molecule has 2 aromatic carbocycles. The van der Waals surface area contributed by atoms with Crippen molar-refractivity contribution >= 4 is 23.3 Å². The van der Waals surface area contributed by atoms with Crippen molar-refractivity contribution < 1.29 is 23.8 Å². The van der Waals surface area contributed by atoms with Gasteiger partial charge in [0.05, 0.1) is 0 Å². The quantitative estimate of drug-likeness (QED) is 0.163. The highest BCUT2D eigenvalue weighted by Crippen LogP contribution is 2.27. The number of ether oxygens (including phenoxy) is 3. The van der Waals surface area contributed by atoms with Gasteiger partial charge in [0.2, 0.25) is 0 Å². The Labute approximate surface area is 181 Å². The minimum absolute atomic E-state index is 0.0516. The number of methoxy groups -OCH3 is 1. The van der Waals surface area contributed by atoms with Crippen molar-refractivity contribution in [3.05, 3.63) is 64.0 Å². The van der Waals surface area contributed by atoms with Crippen molar-refractivity contribution in [3.63, 3.8) is 0 Å². The third kappa shape index (κ3) is 8.00. The summed E-state index contributed by atoms with van der Waals surface area (Å²) in [6.45, 7) is 2.59. The second kappa shape index (κ2) is 12.2. The summed E-state index contributed by atoms with van der Waals surface area (Å²) in [4.78, 5) is 28.3. The van der Waals surface area contributed by atoms with Crippen LogP contribution in [0.15, 0.2) is 47.6 Å². The van der Waals surface area contributed by atoms with Crippen LogP contribution in [0.5, 0.6) is 5.75 Å². The zero-order chi connectivity index (χ0) is 22.6. The number of anilines is 1. The molecular weight excluding hydrogens is 400 g/mol. The lowest BCUT2D eigenvalue weighted by Crippen LogP contribution is -2.20. The Morgan fingerprint density at radius 1 is 1.16 bits per heavy atom. The van der Waals surface area contributed by atoms with Crippen molar-refractivity contribution in [1.29, 1.82) is 0 Å². The maximum absolute atomic E-state index is 11.9. The van der Waals surface area contributed by atoms with E-state index >= 15 is 0 Å². The van der Waals surface area contributed by atoms with Gasteiger partial charge in [-0.3, -0.25) is 4.79 Å². The average Bonchev–Trinajstić information content (AvgIpc) is 2.74. The van der Waals surface area contributed by atoms with Gasteiger partial charge in [-0.1, -0.05) is 28.9 Å². The van der Waals surface area contributed by atoms with Gasteiger partial charge in [-0.2, -0.15) is 0 Å². The molecule has 0 aliphatic rings. The van der Waals surface area contributed by atoms with E-state index in [9.17, 15) is 9.59 Å². The normalized spacial score (nSPS) is 10.2. The first-order chi connectivity index (χ1) is 14.9. The van der Waals surface area contributed by atoms with Crippen molar-refractivity contribution in [1.82, 2.24) is 0 Å². The Morgan fingerprint density at radius 3 is 2.58 bits per heavy atom. The molecule has 164 valence electrons. The van der Waals surface area contributed by atoms with E-state index in [1.807, 2.05) is 37.1 Å². The van der Waals surface area contributed by atoms with Gasteiger partial charge in [-0.25, -0.2) is 4.79 Å². The van der Waals surface area contributed by atoms with E-state index in [0.717, 1.165) is 11.3 Å². The molecule has 0 heterocycles. The highest BCUT2D eigenvalue weighted by Gasteiger charge is 2.11. The molecule has 31 heavy (non-hydrogen) atoms. The summed E-state index contributed by atoms with van der Waals surface area (Å²) in [5.41, 5.74) is 11.6. The van der Waals surface area contributed by atoms with E-state index in [4.69, 9.17) is 19.7 Å². The SMILES string of the molecule is COCC(=O)CCCN(C)c1ccc(COC(=O)Oc2ccc(C)cc2)c(N=[N+]=[N-])c1. The highest BCUT2D eigenvalue weighted by molar-refractivity contribution is 5.79. The van der Waals surface area contributed by atoms with Gasteiger partial charge in [-0.15, -0.1) is 0 Å². The monoisotopic (exact) mass is 426 g/mol. The van der Waals surface area contributed by atoms with Gasteiger partial charge >= 0.3 is 6.16 Å². The molecule has 0 aliphatic heterocycles. The predicted octanol–water partition coefficient (Wildman–Crippen LogP) is 5.08. The first-order valence-corrected chi connectivity index (χ1v) is 9.74. The molecule has 0 N–H and O–H groups in total. The largest absolute Gasteiger partial charge is 0.514 e. The fourth-order valence-corrected chi connectivity index (χ4v) is 2.80. The van der Waals surface area contributed by atoms with E-state index in [0.29, 0.717) is 36.4 Å². The van der Waals surface area contributed by atoms with Gasteiger partial charge in [0.1, 0.15) is 19.0 Å². The number of ketones is 1. The van der Waals surface area contributed by atoms with E-state index in [2.05, 4.69) is 10.0 Å². The van der Waals surface area contributed by atoms with E-state index in [1.165, 1.54) is 7.11 Å². The Morgan fingerprint density at radius 2 is 1.90 bits per heavy atom. The van der Waals surface area contributed by atoms with Crippen molar-refractivity contribution in [2.45, 2.75) is 26.4 Å². The van der Waals surface area contributed by atoms with Gasteiger partial charge in [0.15, 0.2) is 5.78 Å². The molecule has 0 aliphatic carbocycles. The van der Waals surface area contributed by atoms with Crippen LogP contribution in [0.2, 0.25) is 0 Å². The highest BCUT2D eigenvalue weighted by atomic mass is 16.7. The van der Waals surface area contributed by atoms with Crippen molar-refractivity contribution in [2.75, 3.05) is 32.2 Å². The van der Waals surface area contributed by atoms with Crippen LogP contribution in [0.1, 0.15) is 24.0 Å². The molecular formula is C22H26N4O5. The average molecular weight is 426 g/mol. The van der Waals surface area contributed by atoms with E-state index in [1.54, 1.807) is 24.3 Å². The maximum atomic E-state index is 11.9. The fraction of sp³-hybridized carbons (Fsp3) is 0.364. The second-order valence-corrected chi connectivity index (χ2v) is 6.95.